The van der Waals surface area contributed by atoms with Gasteiger partial charge in [0.05, 0.1) is 0 Å². The lowest BCUT2D eigenvalue weighted by Gasteiger charge is -2.32. The average Bonchev–Trinajstić information content (AvgIpc) is 2.76. The molecule has 0 aromatic heterocycles. The molecule has 0 atom stereocenters. The van der Waals surface area contributed by atoms with Crippen LogP contribution in [0.2, 0.25) is 0 Å². The van der Waals surface area contributed by atoms with E-state index in [2.05, 4.69) is 0 Å². The van der Waals surface area contributed by atoms with Gasteiger partial charge < -0.3 is 15.3 Å². The number of hydrogen-bond acceptors (Lipinski definition) is 4. The van der Waals surface area contributed by atoms with Crippen LogP contribution in [0.25, 0.3) is 5.57 Å². The third kappa shape index (κ3) is 5.88. The van der Waals surface area contributed by atoms with Crippen LogP contribution < -0.4 is 0 Å². The largest absolute Gasteiger partial charge is 0.507 e. The molecule has 0 radical (unpaired) electrons. The lowest BCUT2D eigenvalue weighted by Crippen LogP contribution is -2.54. The van der Waals surface area contributed by atoms with Crippen LogP contribution in [-0.4, -0.2) is 33.6 Å². The van der Waals surface area contributed by atoms with Crippen LogP contribution in [-0.2, 0) is 10.4 Å². The van der Waals surface area contributed by atoms with Gasteiger partial charge in [0.2, 0.25) is 0 Å². The lowest BCUT2D eigenvalue weighted by atomic mass is 9.92. The quantitative estimate of drug-likeness (QED) is 0.237. The van der Waals surface area contributed by atoms with Crippen LogP contribution >= 0.6 is 11.8 Å². The molecule has 0 aliphatic carbocycles. The van der Waals surface area contributed by atoms with Crippen LogP contribution in [0.4, 0.5) is 35.1 Å². The molecule has 3 aromatic carbocycles. The molecule has 0 bridgehead atoms. The minimum Gasteiger partial charge on any atom is -0.507 e. The fraction of sp³-hybridized carbons (Fsp3) is 0.125. The monoisotopic (exact) mass is 550 g/mol. The van der Waals surface area contributed by atoms with Gasteiger partial charge in [-0.3, -0.25) is 0 Å². The third-order valence-electron chi connectivity index (χ3n) is 5.03. The molecule has 3 N–H and O–H groups in total. The zero-order valence-electron chi connectivity index (χ0n) is 18.0. The average molecular weight is 550 g/mol. The first kappa shape index (κ1) is 28.0. The van der Waals surface area contributed by atoms with E-state index in [9.17, 15) is 55.2 Å². The van der Waals surface area contributed by atoms with Crippen molar-refractivity contribution in [3.63, 3.8) is 0 Å². The number of alkyl halides is 6. The molecule has 3 aromatic rings. The number of aliphatic carboxylic acids is 1. The van der Waals surface area contributed by atoms with Gasteiger partial charge in [-0.05, 0) is 59.7 Å². The summed E-state index contributed by atoms with van der Waals surface area (Å²) >= 11 is 0.468. The van der Waals surface area contributed by atoms with Crippen molar-refractivity contribution in [2.45, 2.75) is 27.7 Å². The van der Waals surface area contributed by atoms with Crippen LogP contribution in [0.1, 0.15) is 16.7 Å². The van der Waals surface area contributed by atoms with Gasteiger partial charge in [-0.15, -0.1) is 0 Å². The number of aromatic hydroxyl groups is 1. The van der Waals surface area contributed by atoms with Gasteiger partial charge in [-0.25, -0.2) is 13.6 Å². The SMILES string of the molecule is O=C(O)/C=C(/c1ccc(F)cc1)c1ccc(Sc2cc(F)cc(C(O)(C(F)(F)F)C(F)(F)F)c2)cc1O. The van der Waals surface area contributed by atoms with Crippen molar-refractivity contribution in [2.75, 3.05) is 0 Å². The predicted octanol–water partition coefficient (Wildman–Crippen LogP) is 6.65. The second-order valence-electron chi connectivity index (χ2n) is 7.57. The van der Waals surface area contributed by atoms with Gasteiger partial charge >= 0.3 is 18.3 Å². The molecule has 0 saturated carbocycles. The molecule has 0 fully saturated rings. The fourth-order valence-corrected chi connectivity index (χ4v) is 4.26. The minimum absolute atomic E-state index is 0.0224. The van der Waals surface area contributed by atoms with E-state index in [0.717, 1.165) is 24.3 Å². The molecule has 0 heterocycles. The number of carboxylic acid groups (broad SMARTS) is 1. The summed E-state index contributed by atoms with van der Waals surface area (Å²) in [4.78, 5) is 10.8. The van der Waals surface area contributed by atoms with Crippen LogP contribution in [0.3, 0.4) is 0 Å². The van der Waals surface area contributed by atoms with Gasteiger partial charge in [-0.2, -0.15) is 26.3 Å². The summed E-state index contributed by atoms with van der Waals surface area (Å²) in [6, 6.07) is 8.93. The molecule has 0 saturated heterocycles. The van der Waals surface area contributed by atoms with Gasteiger partial charge in [0.1, 0.15) is 17.4 Å². The molecule has 13 heteroatoms. The van der Waals surface area contributed by atoms with Gasteiger partial charge in [0.15, 0.2) is 0 Å². The van der Waals surface area contributed by atoms with Gasteiger partial charge in [0, 0.05) is 27.0 Å². The topological polar surface area (TPSA) is 77.8 Å². The number of rotatable bonds is 6. The summed E-state index contributed by atoms with van der Waals surface area (Å²) in [5.74, 6) is -4.03. The van der Waals surface area contributed by atoms with Crippen molar-refractivity contribution in [3.05, 3.63) is 95.1 Å². The highest BCUT2D eigenvalue weighted by Gasteiger charge is 2.71. The molecule has 0 amide bonds. The van der Waals surface area contributed by atoms with Crippen LogP contribution in [0.15, 0.2) is 76.5 Å². The van der Waals surface area contributed by atoms with Crippen molar-refractivity contribution in [1.29, 1.82) is 0 Å². The number of hydrogen-bond donors (Lipinski definition) is 3. The number of benzene rings is 3. The second-order valence-corrected chi connectivity index (χ2v) is 8.71. The number of halogens is 8. The Bertz CT molecular complexity index is 1330. The molecule has 196 valence electrons. The van der Waals surface area contributed by atoms with Gasteiger partial charge in [0.25, 0.3) is 5.60 Å². The highest BCUT2D eigenvalue weighted by atomic mass is 32.2. The summed E-state index contributed by atoms with van der Waals surface area (Å²) < 4.78 is 106. The molecule has 0 aliphatic heterocycles. The van der Waals surface area contributed by atoms with E-state index >= 15 is 0 Å². The molecule has 4 nitrogen and oxygen atoms in total. The standard InChI is InChI=1S/C24H14F8O4S/c25-14-3-1-12(2-4-14)19(11-21(34)35)18-6-5-16(10-20(18)33)37-17-8-13(7-15(26)9-17)22(36,23(27,28)29)24(30,31)32/h1-11,33,36H,(H,34,35)/b19-11-. The molecule has 0 aliphatic rings. The number of phenols is 1. The maximum absolute atomic E-state index is 14.0. The molecule has 3 rings (SSSR count). The Labute approximate surface area is 207 Å². The van der Waals surface area contributed by atoms with E-state index in [1.54, 1.807) is 0 Å². The lowest BCUT2D eigenvalue weighted by molar-refractivity contribution is -0.376. The van der Waals surface area contributed by atoms with E-state index in [1.807, 2.05) is 0 Å². The van der Waals surface area contributed by atoms with Crippen molar-refractivity contribution in [2.24, 2.45) is 0 Å². The first-order valence-corrected chi connectivity index (χ1v) is 10.7. The Morgan fingerprint density at radius 2 is 1.38 bits per heavy atom. The molecular weight excluding hydrogens is 536 g/mol. The molecule has 37 heavy (non-hydrogen) atoms. The number of carboxylic acids is 1. The number of aliphatic hydroxyl groups is 1. The molecule has 0 unspecified atom stereocenters. The maximum Gasteiger partial charge on any atom is 0.430 e. The number of phenolic OH excluding ortho intramolecular Hbond substituents is 1. The summed E-state index contributed by atoms with van der Waals surface area (Å²) in [6.07, 6.45) is -11.7. The fourth-order valence-electron chi connectivity index (χ4n) is 3.33. The first-order chi connectivity index (χ1) is 17.0. The predicted molar refractivity (Wildman–Crippen MR) is 116 cm³/mol. The Balaban J connectivity index is 2.02. The molecule has 0 spiro atoms. The zero-order valence-corrected chi connectivity index (χ0v) is 18.8. The summed E-state index contributed by atoms with van der Waals surface area (Å²) in [6.45, 7) is 0. The Morgan fingerprint density at radius 3 is 1.89 bits per heavy atom. The van der Waals surface area contributed by atoms with Crippen molar-refractivity contribution < 1.29 is 55.2 Å². The Kier molecular flexibility index (Phi) is 7.61. The van der Waals surface area contributed by atoms with Gasteiger partial charge in [-0.1, -0.05) is 23.9 Å². The van der Waals surface area contributed by atoms with Crippen LogP contribution in [0.5, 0.6) is 5.75 Å². The van der Waals surface area contributed by atoms with E-state index in [1.165, 1.54) is 24.3 Å². The smallest absolute Gasteiger partial charge is 0.430 e. The normalized spacial score (nSPS) is 13.1. The summed E-state index contributed by atoms with van der Waals surface area (Å²) in [5.41, 5.74) is -6.99. The van der Waals surface area contributed by atoms with E-state index in [0.29, 0.717) is 23.9 Å². The zero-order chi connectivity index (χ0) is 27.8. The van der Waals surface area contributed by atoms with E-state index in [-0.39, 0.29) is 27.7 Å². The number of carbonyl (C=O) groups is 1. The van der Waals surface area contributed by atoms with Crippen molar-refractivity contribution >= 4 is 23.3 Å². The maximum atomic E-state index is 14.0. The Morgan fingerprint density at radius 1 is 0.784 bits per heavy atom. The first-order valence-electron chi connectivity index (χ1n) is 9.91. The minimum atomic E-state index is -6.21. The van der Waals surface area contributed by atoms with E-state index in [4.69, 9.17) is 0 Å². The highest BCUT2D eigenvalue weighted by Crippen LogP contribution is 2.51. The second kappa shape index (κ2) is 10.1. The third-order valence-corrected chi connectivity index (χ3v) is 5.99. The van der Waals surface area contributed by atoms with Crippen molar-refractivity contribution in [3.8, 4) is 5.75 Å². The van der Waals surface area contributed by atoms with Crippen LogP contribution in [0, 0.1) is 11.6 Å². The highest BCUT2D eigenvalue weighted by molar-refractivity contribution is 7.99. The van der Waals surface area contributed by atoms with Crippen molar-refractivity contribution in [1.82, 2.24) is 0 Å². The summed E-state index contributed by atoms with van der Waals surface area (Å²) in [5, 5.41) is 29.2. The Hall–Kier alpha value is -3.58. The summed E-state index contributed by atoms with van der Waals surface area (Å²) in [7, 11) is 0. The van der Waals surface area contributed by atoms with E-state index < -0.39 is 51.8 Å². The molecular formula is C24H14F8O4S.